The Morgan fingerprint density at radius 3 is 2.83 bits per heavy atom. The minimum absolute atomic E-state index is 0.0753. The van der Waals surface area contributed by atoms with E-state index < -0.39 is 0 Å². The number of rotatable bonds is 5. The zero-order valence-corrected chi connectivity index (χ0v) is 10.9. The molecule has 1 aromatic heterocycles. The van der Waals surface area contributed by atoms with Gasteiger partial charge in [0.25, 0.3) is 0 Å². The van der Waals surface area contributed by atoms with Crippen molar-refractivity contribution in [3.63, 3.8) is 0 Å². The van der Waals surface area contributed by atoms with Crippen molar-refractivity contribution in [2.45, 2.75) is 26.1 Å². The van der Waals surface area contributed by atoms with Crippen LogP contribution in [0, 0.1) is 0 Å². The average molecular weight is 252 g/mol. The molecule has 1 saturated heterocycles. The van der Waals surface area contributed by atoms with Crippen molar-refractivity contribution in [3.05, 3.63) is 18.2 Å². The topological polar surface area (TPSA) is 52.6 Å². The Morgan fingerprint density at radius 2 is 2.11 bits per heavy atom. The molecule has 2 unspecified atom stereocenters. The van der Waals surface area contributed by atoms with Gasteiger partial charge in [0.1, 0.15) is 12.7 Å². The molecule has 0 aliphatic carbocycles. The van der Waals surface area contributed by atoms with Gasteiger partial charge < -0.3 is 19.5 Å². The van der Waals surface area contributed by atoms with Crippen LogP contribution < -0.4 is 14.8 Å². The average Bonchev–Trinajstić information content (AvgIpc) is 2.37. The minimum Gasteiger partial charge on any atom is -0.478 e. The predicted octanol–water partition coefficient (Wildman–Crippen LogP) is 1.24. The number of morpholine rings is 1. The Balaban J connectivity index is 1.83. The van der Waals surface area contributed by atoms with Gasteiger partial charge in [-0.15, -0.1) is 0 Å². The molecule has 2 atom stereocenters. The zero-order valence-electron chi connectivity index (χ0n) is 10.9. The molecule has 0 spiro atoms. The third-order valence-electron chi connectivity index (χ3n) is 2.64. The van der Waals surface area contributed by atoms with Gasteiger partial charge in [-0.2, -0.15) is 4.98 Å². The first-order valence-corrected chi connectivity index (χ1v) is 6.36. The summed E-state index contributed by atoms with van der Waals surface area (Å²) in [4.78, 5) is 4.25. The van der Waals surface area contributed by atoms with Crippen molar-refractivity contribution in [3.8, 4) is 11.8 Å². The molecule has 0 saturated carbocycles. The smallest absolute Gasteiger partial charge is 0.216 e. The van der Waals surface area contributed by atoms with E-state index in [-0.39, 0.29) is 12.2 Å². The van der Waals surface area contributed by atoms with Gasteiger partial charge in [0.05, 0.1) is 12.7 Å². The van der Waals surface area contributed by atoms with Crippen LogP contribution in [-0.4, -0.2) is 43.5 Å². The molecule has 1 N–H and O–H groups in total. The van der Waals surface area contributed by atoms with Crippen molar-refractivity contribution in [1.29, 1.82) is 0 Å². The standard InChI is InChI=1S/C13H20N2O3/c1-3-16-12-5-4-6-13(15-12)17-9-11-8-14-7-10(2)18-11/h4-6,10-11,14H,3,7-9H2,1-2H3. The van der Waals surface area contributed by atoms with Crippen LogP contribution in [-0.2, 0) is 4.74 Å². The largest absolute Gasteiger partial charge is 0.478 e. The van der Waals surface area contributed by atoms with Crippen molar-refractivity contribution in [2.75, 3.05) is 26.3 Å². The lowest BCUT2D eigenvalue weighted by Crippen LogP contribution is -2.45. The third kappa shape index (κ3) is 3.85. The van der Waals surface area contributed by atoms with Crippen molar-refractivity contribution < 1.29 is 14.2 Å². The first-order chi connectivity index (χ1) is 8.78. The summed E-state index contributed by atoms with van der Waals surface area (Å²) in [5.74, 6) is 1.16. The Labute approximate surface area is 107 Å². The number of nitrogens with one attached hydrogen (secondary N) is 1. The second-order valence-corrected chi connectivity index (χ2v) is 4.29. The van der Waals surface area contributed by atoms with Crippen molar-refractivity contribution >= 4 is 0 Å². The molecule has 0 radical (unpaired) electrons. The van der Waals surface area contributed by atoms with E-state index >= 15 is 0 Å². The number of hydrogen-bond acceptors (Lipinski definition) is 5. The highest BCUT2D eigenvalue weighted by molar-refractivity contribution is 5.19. The summed E-state index contributed by atoms with van der Waals surface area (Å²) in [6.45, 7) is 6.79. The quantitative estimate of drug-likeness (QED) is 0.854. The van der Waals surface area contributed by atoms with Crippen LogP contribution in [0.4, 0.5) is 0 Å². The summed E-state index contributed by atoms with van der Waals surface area (Å²) >= 11 is 0. The second-order valence-electron chi connectivity index (χ2n) is 4.29. The Kier molecular flexibility index (Phi) is 4.78. The van der Waals surface area contributed by atoms with E-state index in [9.17, 15) is 0 Å². The van der Waals surface area contributed by atoms with Crippen molar-refractivity contribution in [2.24, 2.45) is 0 Å². The molecule has 0 amide bonds. The fourth-order valence-corrected chi connectivity index (χ4v) is 1.85. The second kappa shape index (κ2) is 6.56. The lowest BCUT2D eigenvalue weighted by atomic mass is 10.2. The van der Waals surface area contributed by atoms with Gasteiger partial charge in [-0.05, 0) is 13.8 Å². The van der Waals surface area contributed by atoms with Gasteiger partial charge >= 0.3 is 0 Å². The number of nitrogens with zero attached hydrogens (tertiary/aromatic N) is 1. The molecule has 0 bridgehead atoms. The molecule has 1 aliphatic heterocycles. The normalized spacial score (nSPS) is 23.7. The number of aromatic nitrogens is 1. The predicted molar refractivity (Wildman–Crippen MR) is 68.1 cm³/mol. The summed E-state index contributed by atoms with van der Waals surface area (Å²) in [5.41, 5.74) is 0. The number of hydrogen-bond donors (Lipinski definition) is 1. The Morgan fingerprint density at radius 1 is 1.33 bits per heavy atom. The summed E-state index contributed by atoms with van der Waals surface area (Å²) < 4.78 is 16.7. The minimum atomic E-state index is 0.0753. The van der Waals surface area contributed by atoms with E-state index in [4.69, 9.17) is 14.2 Å². The molecular formula is C13H20N2O3. The molecule has 2 rings (SSSR count). The van der Waals surface area contributed by atoms with E-state index in [1.165, 1.54) is 0 Å². The first-order valence-electron chi connectivity index (χ1n) is 6.36. The first kappa shape index (κ1) is 13.1. The Bertz CT molecular complexity index is 373. The summed E-state index contributed by atoms with van der Waals surface area (Å²) in [6.07, 6.45) is 0.307. The summed E-state index contributed by atoms with van der Waals surface area (Å²) in [5, 5.41) is 3.30. The molecule has 1 aliphatic rings. The van der Waals surface area contributed by atoms with Gasteiger partial charge in [0.15, 0.2) is 0 Å². The highest BCUT2D eigenvalue weighted by atomic mass is 16.5. The summed E-state index contributed by atoms with van der Waals surface area (Å²) in [7, 11) is 0. The lowest BCUT2D eigenvalue weighted by Gasteiger charge is -2.28. The lowest BCUT2D eigenvalue weighted by molar-refractivity contribution is -0.0477. The maximum absolute atomic E-state index is 5.74. The van der Waals surface area contributed by atoms with Crippen LogP contribution in [0.25, 0.3) is 0 Å². The Hall–Kier alpha value is -1.33. The molecular weight excluding hydrogens is 232 g/mol. The SMILES string of the molecule is CCOc1cccc(OCC2CNCC(C)O2)n1. The van der Waals surface area contributed by atoms with Crippen LogP contribution in [0.15, 0.2) is 18.2 Å². The van der Waals surface area contributed by atoms with Crippen LogP contribution in [0.3, 0.4) is 0 Å². The maximum atomic E-state index is 5.74. The van der Waals surface area contributed by atoms with Crippen LogP contribution in [0.2, 0.25) is 0 Å². The third-order valence-corrected chi connectivity index (χ3v) is 2.64. The fraction of sp³-hybridized carbons (Fsp3) is 0.615. The molecule has 5 heteroatoms. The van der Waals surface area contributed by atoms with Gasteiger partial charge in [-0.3, -0.25) is 0 Å². The number of pyridine rings is 1. The number of ether oxygens (including phenoxy) is 3. The highest BCUT2D eigenvalue weighted by Crippen LogP contribution is 2.14. The van der Waals surface area contributed by atoms with Crippen LogP contribution in [0.1, 0.15) is 13.8 Å². The molecule has 0 aromatic carbocycles. The van der Waals surface area contributed by atoms with Crippen LogP contribution in [0.5, 0.6) is 11.8 Å². The fourth-order valence-electron chi connectivity index (χ4n) is 1.85. The van der Waals surface area contributed by atoms with E-state index in [1.54, 1.807) is 0 Å². The zero-order chi connectivity index (χ0) is 12.8. The molecule has 2 heterocycles. The van der Waals surface area contributed by atoms with E-state index in [0.717, 1.165) is 13.1 Å². The highest BCUT2D eigenvalue weighted by Gasteiger charge is 2.19. The van der Waals surface area contributed by atoms with E-state index in [0.29, 0.717) is 25.0 Å². The van der Waals surface area contributed by atoms with Crippen LogP contribution >= 0.6 is 0 Å². The molecule has 1 fully saturated rings. The summed E-state index contributed by atoms with van der Waals surface area (Å²) in [6, 6.07) is 5.51. The molecule has 1 aromatic rings. The molecule has 5 nitrogen and oxygen atoms in total. The molecule has 100 valence electrons. The molecule has 18 heavy (non-hydrogen) atoms. The van der Waals surface area contributed by atoms with Gasteiger partial charge in [0.2, 0.25) is 11.8 Å². The van der Waals surface area contributed by atoms with Gasteiger partial charge in [-0.25, -0.2) is 0 Å². The van der Waals surface area contributed by atoms with E-state index in [1.807, 2.05) is 32.0 Å². The maximum Gasteiger partial charge on any atom is 0.216 e. The van der Waals surface area contributed by atoms with Gasteiger partial charge in [0, 0.05) is 25.2 Å². The van der Waals surface area contributed by atoms with E-state index in [2.05, 4.69) is 10.3 Å². The van der Waals surface area contributed by atoms with Gasteiger partial charge in [-0.1, -0.05) is 6.07 Å². The van der Waals surface area contributed by atoms with Crippen molar-refractivity contribution in [1.82, 2.24) is 10.3 Å². The monoisotopic (exact) mass is 252 g/mol.